The fraction of sp³-hybridized carbons (Fsp3) is 0.471. The topological polar surface area (TPSA) is 75.4 Å². The molecule has 1 saturated heterocycles. The summed E-state index contributed by atoms with van der Waals surface area (Å²) in [6, 6.07) is 11.3. The van der Waals surface area contributed by atoms with Crippen LogP contribution in [-0.4, -0.2) is 47.3 Å². The molecule has 2 aromatic rings. The number of hydrogen-bond acceptors (Lipinski definition) is 4. The van der Waals surface area contributed by atoms with E-state index >= 15 is 0 Å². The maximum Gasteiger partial charge on any atom is 0.218 e. The van der Waals surface area contributed by atoms with Crippen LogP contribution < -0.4 is 0 Å². The van der Waals surface area contributed by atoms with E-state index in [1.807, 2.05) is 41.1 Å². The third-order valence-electron chi connectivity index (χ3n) is 4.52. The molecule has 0 amide bonds. The molecule has 0 bridgehead atoms. The van der Waals surface area contributed by atoms with Crippen LogP contribution in [0.15, 0.2) is 42.6 Å². The summed E-state index contributed by atoms with van der Waals surface area (Å²) in [5.41, 5.74) is 1.91. The Labute approximate surface area is 142 Å². The van der Waals surface area contributed by atoms with Gasteiger partial charge in [0, 0.05) is 30.9 Å². The summed E-state index contributed by atoms with van der Waals surface area (Å²) in [7, 11) is -3.28. The van der Waals surface area contributed by atoms with Gasteiger partial charge in [-0.15, -0.1) is 0 Å². The van der Waals surface area contributed by atoms with Crippen LogP contribution in [0.5, 0.6) is 0 Å². The molecule has 1 aliphatic rings. The number of aliphatic hydroxyl groups excluding tert-OH is 1. The summed E-state index contributed by atoms with van der Waals surface area (Å²) in [4.78, 5) is 0. The molecule has 6 nitrogen and oxygen atoms in total. The molecule has 0 radical (unpaired) electrons. The minimum atomic E-state index is -3.28. The van der Waals surface area contributed by atoms with Gasteiger partial charge in [0.1, 0.15) is 0 Å². The average molecular weight is 349 g/mol. The molecule has 2 heterocycles. The smallest absolute Gasteiger partial charge is 0.218 e. The maximum absolute atomic E-state index is 12.6. The molecule has 0 saturated carbocycles. The number of sulfonamides is 1. The number of rotatable bonds is 6. The van der Waals surface area contributed by atoms with Gasteiger partial charge in [0.15, 0.2) is 0 Å². The van der Waals surface area contributed by atoms with Crippen LogP contribution in [0.1, 0.15) is 30.0 Å². The summed E-state index contributed by atoms with van der Waals surface area (Å²) in [6.07, 6.45) is 3.31. The lowest BCUT2D eigenvalue weighted by Crippen LogP contribution is -2.39. The second-order valence-electron chi connectivity index (χ2n) is 6.12. The molecule has 1 N–H and O–H groups in total. The largest absolute Gasteiger partial charge is 0.394 e. The Morgan fingerprint density at radius 3 is 2.50 bits per heavy atom. The molecule has 1 aliphatic heterocycles. The Hall–Kier alpha value is -1.70. The molecule has 130 valence electrons. The minimum absolute atomic E-state index is 0.0545. The van der Waals surface area contributed by atoms with Gasteiger partial charge >= 0.3 is 0 Å². The van der Waals surface area contributed by atoms with Crippen molar-refractivity contribution in [1.82, 2.24) is 14.1 Å². The fourth-order valence-corrected chi connectivity index (χ4v) is 4.84. The number of hydrogen-bond donors (Lipinski definition) is 1. The van der Waals surface area contributed by atoms with Crippen molar-refractivity contribution in [3.63, 3.8) is 0 Å². The fourth-order valence-electron chi connectivity index (χ4n) is 3.28. The van der Waals surface area contributed by atoms with Gasteiger partial charge in [0.05, 0.1) is 18.9 Å². The van der Waals surface area contributed by atoms with Crippen LogP contribution in [0.4, 0.5) is 0 Å². The van der Waals surface area contributed by atoms with Crippen molar-refractivity contribution in [1.29, 1.82) is 0 Å². The standard InChI is InChI=1S/C17H23N3O3S/c21-13-12-20-17(6-9-18-20)16-7-10-19(11-8-16)24(22,23)14-15-4-2-1-3-5-15/h1-6,9,16,21H,7-8,10-14H2. The number of aliphatic hydroxyl groups is 1. The zero-order valence-electron chi connectivity index (χ0n) is 13.6. The van der Waals surface area contributed by atoms with Crippen LogP contribution in [0.2, 0.25) is 0 Å². The van der Waals surface area contributed by atoms with E-state index in [-0.39, 0.29) is 12.4 Å². The summed E-state index contributed by atoms with van der Waals surface area (Å²) >= 11 is 0. The first-order valence-corrected chi connectivity index (χ1v) is 9.85. The summed E-state index contributed by atoms with van der Waals surface area (Å²) in [6.45, 7) is 1.60. The molecule has 24 heavy (non-hydrogen) atoms. The third-order valence-corrected chi connectivity index (χ3v) is 6.37. The number of benzene rings is 1. The minimum Gasteiger partial charge on any atom is -0.394 e. The van der Waals surface area contributed by atoms with Crippen molar-refractivity contribution < 1.29 is 13.5 Å². The second-order valence-corrected chi connectivity index (χ2v) is 8.09. The van der Waals surface area contributed by atoms with Crippen molar-refractivity contribution >= 4 is 10.0 Å². The third kappa shape index (κ3) is 3.85. The molecular weight excluding hydrogens is 326 g/mol. The molecule has 0 spiro atoms. The quantitative estimate of drug-likeness (QED) is 0.859. The van der Waals surface area contributed by atoms with Crippen LogP contribution in [0, 0.1) is 0 Å². The Balaban J connectivity index is 1.63. The van der Waals surface area contributed by atoms with Crippen molar-refractivity contribution in [2.75, 3.05) is 19.7 Å². The molecule has 1 aromatic heterocycles. The van der Waals surface area contributed by atoms with Crippen LogP contribution >= 0.6 is 0 Å². The van der Waals surface area contributed by atoms with E-state index < -0.39 is 10.0 Å². The first kappa shape index (κ1) is 17.1. The Kier molecular flexibility index (Phi) is 5.33. The molecule has 1 fully saturated rings. The van der Waals surface area contributed by atoms with Gasteiger partial charge < -0.3 is 5.11 Å². The summed E-state index contributed by atoms with van der Waals surface area (Å²) < 4.78 is 28.6. The van der Waals surface area contributed by atoms with Crippen molar-refractivity contribution in [2.45, 2.75) is 31.1 Å². The van der Waals surface area contributed by atoms with Gasteiger partial charge in [-0.05, 0) is 24.5 Å². The molecule has 0 unspecified atom stereocenters. The van der Waals surface area contributed by atoms with Gasteiger partial charge in [-0.1, -0.05) is 30.3 Å². The predicted molar refractivity (Wildman–Crippen MR) is 91.9 cm³/mol. The highest BCUT2D eigenvalue weighted by molar-refractivity contribution is 7.88. The normalized spacial score (nSPS) is 17.2. The Morgan fingerprint density at radius 1 is 1.12 bits per heavy atom. The molecular formula is C17H23N3O3S. The molecule has 0 atom stereocenters. The van der Waals surface area contributed by atoms with E-state index in [1.54, 1.807) is 10.5 Å². The van der Waals surface area contributed by atoms with Gasteiger partial charge in [0.2, 0.25) is 10.0 Å². The van der Waals surface area contributed by atoms with Crippen molar-refractivity contribution in [3.8, 4) is 0 Å². The molecule has 0 aliphatic carbocycles. The molecule has 1 aromatic carbocycles. The highest BCUT2D eigenvalue weighted by atomic mass is 32.2. The zero-order chi connectivity index (χ0) is 17.0. The van der Waals surface area contributed by atoms with Gasteiger partial charge in [-0.2, -0.15) is 5.10 Å². The molecule has 7 heteroatoms. The zero-order valence-corrected chi connectivity index (χ0v) is 14.4. The van der Waals surface area contributed by atoms with E-state index in [9.17, 15) is 8.42 Å². The first-order valence-electron chi connectivity index (χ1n) is 8.24. The predicted octanol–water partition coefficient (Wildman–Crippen LogP) is 1.58. The first-order chi connectivity index (χ1) is 11.6. The van der Waals surface area contributed by atoms with E-state index in [0.717, 1.165) is 24.1 Å². The van der Waals surface area contributed by atoms with E-state index in [0.29, 0.717) is 25.6 Å². The Morgan fingerprint density at radius 2 is 1.83 bits per heavy atom. The number of aromatic nitrogens is 2. The van der Waals surface area contributed by atoms with Gasteiger partial charge in [-0.3, -0.25) is 4.68 Å². The van der Waals surface area contributed by atoms with E-state index in [4.69, 9.17) is 5.11 Å². The van der Waals surface area contributed by atoms with Crippen molar-refractivity contribution in [3.05, 3.63) is 53.9 Å². The van der Waals surface area contributed by atoms with E-state index in [1.165, 1.54) is 0 Å². The van der Waals surface area contributed by atoms with Crippen molar-refractivity contribution in [2.24, 2.45) is 0 Å². The SMILES string of the molecule is O=S(=O)(Cc1ccccc1)N1CCC(c2ccnn2CCO)CC1. The lowest BCUT2D eigenvalue weighted by molar-refractivity contribution is 0.260. The highest BCUT2D eigenvalue weighted by Crippen LogP contribution is 2.29. The number of nitrogens with zero attached hydrogens (tertiary/aromatic N) is 3. The Bertz CT molecular complexity index is 750. The number of piperidine rings is 1. The van der Waals surface area contributed by atoms with E-state index in [2.05, 4.69) is 5.10 Å². The maximum atomic E-state index is 12.6. The van der Waals surface area contributed by atoms with Gasteiger partial charge in [-0.25, -0.2) is 12.7 Å². The molecule has 3 rings (SSSR count). The summed E-state index contributed by atoms with van der Waals surface area (Å²) in [5.74, 6) is 0.350. The summed E-state index contributed by atoms with van der Waals surface area (Å²) in [5, 5.41) is 13.3. The monoisotopic (exact) mass is 349 g/mol. The average Bonchev–Trinajstić information content (AvgIpc) is 3.04. The van der Waals surface area contributed by atoms with Crippen LogP contribution in [0.25, 0.3) is 0 Å². The lowest BCUT2D eigenvalue weighted by Gasteiger charge is -2.31. The van der Waals surface area contributed by atoms with Gasteiger partial charge in [0.25, 0.3) is 0 Å². The van der Waals surface area contributed by atoms with Crippen LogP contribution in [-0.2, 0) is 22.3 Å². The second kappa shape index (κ2) is 7.46. The van der Waals surface area contributed by atoms with Crippen LogP contribution in [0.3, 0.4) is 0 Å². The lowest BCUT2D eigenvalue weighted by atomic mass is 9.94. The highest BCUT2D eigenvalue weighted by Gasteiger charge is 2.29.